The molecule has 0 spiro atoms. The van der Waals surface area contributed by atoms with Crippen LogP contribution in [0.25, 0.3) is 10.9 Å². The molecule has 2 aromatic carbocycles. The second kappa shape index (κ2) is 6.12. The zero-order valence-electron chi connectivity index (χ0n) is 17.0. The van der Waals surface area contributed by atoms with E-state index in [9.17, 15) is 13.2 Å². The van der Waals surface area contributed by atoms with Gasteiger partial charge in [-0.2, -0.15) is 13.2 Å². The van der Waals surface area contributed by atoms with Gasteiger partial charge in [0.1, 0.15) is 5.69 Å². The van der Waals surface area contributed by atoms with Crippen molar-refractivity contribution < 1.29 is 13.2 Å². The van der Waals surface area contributed by atoms with Gasteiger partial charge in [0, 0.05) is 16.4 Å². The highest BCUT2D eigenvalue weighted by atomic mass is 19.4. The fourth-order valence-corrected chi connectivity index (χ4v) is 3.78. The Morgan fingerprint density at radius 1 is 0.897 bits per heavy atom. The molecule has 0 aliphatic carbocycles. The lowest BCUT2D eigenvalue weighted by atomic mass is 9.65. The standard InChI is InChI=1S/C23H22F3N3/c1-13-7-6-8-14-11-18(28-29-19(13)14)20-16-10-9-15(23(24,25)26)12-17(16)21(2,3)22(4,5)27-20/h6-12H,1-5H3. The quantitative estimate of drug-likeness (QED) is 0.515. The Labute approximate surface area is 167 Å². The van der Waals surface area contributed by atoms with Gasteiger partial charge in [-0.3, -0.25) is 4.99 Å². The maximum absolute atomic E-state index is 13.4. The molecular formula is C23H22F3N3. The van der Waals surface area contributed by atoms with Crippen LogP contribution in [0.4, 0.5) is 13.2 Å². The average Bonchev–Trinajstić information content (AvgIpc) is 2.64. The van der Waals surface area contributed by atoms with Gasteiger partial charge in [0.15, 0.2) is 0 Å². The van der Waals surface area contributed by atoms with E-state index in [1.54, 1.807) is 0 Å². The molecule has 1 aliphatic rings. The van der Waals surface area contributed by atoms with E-state index < -0.39 is 22.7 Å². The second-order valence-corrected chi connectivity index (χ2v) is 8.64. The Balaban J connectivity index is 1.97. The molecule has 1 aromatic heterocycles. The smallest absolute Gasteiger partial charge is 0.275 e. The Morgan fingerprint density at radius 3 is 2.31 bits per heavy atom. The van der Waals surface area contributed by atoms with Crippen molar-refractivity contribution in [2.24, 2.45) is 4.99 Å². The van der Waals surface area contributed by atoms with E-state index in [2.05, 4.69) is 10.2 Å². The summed E-state index contributed by atoms with van der Waals surface area (Å²) in [5.41, 5.74) is 2.39. The lowest BCUT2D eigenvalue weighted by Gasteiger charge is -2.44. The second-order valence-electron chi connectivity index (χ2n) is 8.64. The summed E-state index contributed by atoms with van der Waals surface area (Å²) in [6, 6.07) is 11.6. The van der Waals surface area contributed by atoms with Crippen LogP contribution in [0.5, 0.6) is 0 Å². The minimum absolute atomic E-state index is 0.563. The first-order chi connectivity index (χ1) is 13.4. The Bertz CT molecular complexity index is 1160. The maximum atomic E-state index is 13.4. The molecule has 0 saturated heterocycles. The van der Waals surface area contributed by atoms with Crippen LogP contribution in [0.15, 0.2) is 47.5 Å². The third-order valence-corrected chi connectivity index (χ3v) is 6.26. The fraction of sp³-hybridized carbons (Fsp3) is 0.348. The Hall–Kier alpha value is -2.76. The van der Waals surface area contributed by atoms with Gasteiger partial charge in [-0.05, 0) is 50.1 Å². The maximum Gasteiger partial charge on any atom is 0.416 e. The van der Waals surface area contributed by atoms with Crippen LogP contribution >= 0.6 is 0 Å². The van der Waals surface area contributed by atoms with E-state index in [1.807, 2.05) is 58.9 Å². The van der Waals surface area contributed by atoms with Crippen LogP contribution < -0.4 is 0 Å². The first-order valence-corrected chi connectivity index (χ1v) is 9.47. The fourth-order valence-electron chi connectivity index (χ4n) is 3.78. The first-order valence-electron chi connectivity index (χ1n) is 9.47. The van der Waals surface area contributed by atoms with E-state index in [4.69, 9.17) is 4.99 Å². The largest absolute Gasteiger partial charge is 0.416 e. The molecule has 6 heteroatoms. The van der Waals surface area contributed by atoms with Crippen molar-refractivity contribution in [3.63, 3.8) is 0 Å². The number of hydrogen-bond donors (Lipinski definition) is 0. The normalized spacial score (nSPS) is 17.7. The number of fused-ring (bicyclic) bond motifs is 2. The minimum Gasteiger partial charge on any atom is -0.275 e. The van der Waals surface area contributed by atoms with E-state index >= 15 is 0 Å². The van der Waals surface area contributed by atoms with Crippen LogP contribution in [0, 0.1) is 6.92 Å². The summed E-state index contributed by atoms with van der Waals surface area (Å²) < 4.78 is 40.1. The molecule has 1 aliphatic heterocycles. The van der Waals surface area contributed by atoms with Crippen molar-refractivity contribution in [3.8, 4) is 0 Å². The topological polar surface area (TPSA) is 38.1 Å². The van der Waals surface area contributed by atoms with Crippen molar-refractivity contribution in [1.82, 2.24) is 10.2 Å². The van der Waals surface area contributed by atoms with Crippen molar-refractivity contribution in [3.05, 3.63) is 70.4 Å². The van der Waals surface area contributed by atoms with Gasteiger partial charge in [-0.25, -0.2) is 0 Å². The van der Waals surface area contributed by atoms with Crippen molar-refractivity contribution in [2.75, 3.05) is 0 Å². The van der Waals surface area contributed by atoms with E-state index in [-0.39, 0.29) is 0 Å². The monoisotopic (exact) mass is 397 g/mol. The molecule has 2 heterocycles. The molecule has 4 rings (SSSR count). The van der Waals surface area contributed by atoms with E-state index in [0.29, 0.717) is 22.5 Å². The Kier molecular flexibility index (Phi) is 4.12. The SMILES string of the molecule is Cc1cccc2cc(C3=NC(C)(C)C(C)(C)c4cc(C(F)(F)F)ccc43)nnc12. The van der Waals surface area contributed by atoms with Crippen molar-refractivity contribution in [2.45, 2.75) is 51.7 Å². The van der Waals surface area contributed by atoms with Crippen LogP contribution in [0.3, 0.4) is 0 Å². The van der Waals surface area contributed by atoms with Crippen molar-refractivity contribution >= 4 is 16.6 Å². The number of alkyl halides is 3. The lowest BCUT2D eigenvalue weighted by Crippen LogP contribution is -2.46. The van der Waals surface area contributed by atoms with Crippen LogP contribution in [0.1, 0.15) is 55.6 Å². The molecule has 3 aromatic rings. The van der Waals surface area contributed by atoms with Crippen LogP contribution in [-0.4, -0.2) is 21.4 Å². The van der Waals surface area contributed by atoms with E-state index in [0.717, 1.165) is 22.5 Å². The van der Waals surface area contributed by atoms with Crippen molar-refractivity contribution in [1.29, 1.82) is 0 Å². The minimum atomic E-state index is -4.40. The molecule has 0 atom stereocenters. The molecule has 0 amide bonds. The van der Waals surface area contributed by atoms with Gasteiger partial charge in [0.05, 0.1) is 22.3 Å². The summed E-state index contributed by atoms with van der Waals surface area (Å²) in [7, 11) is 0. The predicted octanol–water partition coefficient (Wildman–Crippen LogP) is 5.86. The number of hydrogen-bond acceptors (Lipinski definition) is 3. The average molecular weight is 397 g/mol. The zero-order chi connectivity index (χ0) is 21.2. The molecule has 0 fully saturated rings. The summed E-state index contributed by atoms with van der Waals surface area (Å²) in [6.07, 6.45) is -4.40. The number of nitrogens with zero attached hydrogens (tertiary/aromatic N) is 3. The molecule has 3 nitrogen and oxygen atoms in total. The summed E-state index contributed by atoms with van der Waals surface area (Å²) in [5.74, 6) is 0. The number of halogens is 3. The van der Waals surface area contributed by atoms with Crippen LogP contribution in [-0.2, 0) is 11.6 Å². The number of benzene rings is 2. The molecule has 150 valence electrons. The van der Waals surface area contributed by atoms with Gasteiger partial charge >= 0.3 is 6.18 Å². The molecule has 0 N–H and O–H groups in total. The van der Waals surface area contributed by atoms with Gasteiger partial charge in [-0.1, -0.05) is 38.1 Å². The summed E-state index contributed by atoms with van der Waals surface area (Å²) >= 11 is 0. The molecule has 0 bridgehead atoms. The predicted molar refractivity (Wildman–Crippen MR) is 108 cm³/mol. The highest BCUT2D eigenvalue weighted by Crippen LogP contribution is 2.45. The summed E-state index contributed by atoms with van der Waals surface area (Å²) in [6.45, 7) is 9.71. The van der Waals surface area contributed by atoms with Gasteiger partial charge in [0.25, 0.3) is 0 Å². The number of rotatable bonds is 1. The summed E-state index contributed by atoms with van der Waals surface area (Å²) in [5, 5.41) is 9.66. The molecule has 0 saturated carbocycles. The highest BCUT2D eigenvalue weighted by molar-refractivity contribution is 6.14. The van der Waals surface area contributed by atoms with Crippen LogP contribution in [0.2, 0.25) is 0 Å². The summed E-state index contributed by atoms with van der Waals surface area (Å²) in [4.78, 5) is 4.93. The number of aromatic nitrogens is 2. The third-order valence-electron chi connectivity index (χ3n) is 6.26. The molecule has 0 radical (unpaired) electrons. The van der Waals surface area contributed by atoms with Gasteiger partial charge in [0.2, 0.25) is 0 Å². The Morgan fingerprint density at radius 2 is 1.62 bits per heavy atom. The third kappa shape index (κ3) is 3.02. The number of aryl methyl sites for hydroxylation is 1. The first kappa shape index (κ1) is 19.6. The van der Waals surface area contributed by atoms with E-state index in [1.165, 1.54) is 12.1 Å². The lowest BCUT2D eigenvalue weighted by molar-refractivity contribution is -0.137. The molecule has 0 unspecified atom stereocenters. The van der Waals surface area contributed by atoms with Gasteiger partial charge in [-0.15, -0.1) is 10.2 Å². The molecule has 29 heavy (non-hydrogen) atoms. The van der Waals surface area contributed by atoms with Gasteiger partial charge < -0.3 is 0 Å². The highest BCUT2D eigenvalue weighted by Gasteiger charge is 2.45. The molecular weight excluding hydrogens is 375 g/mol. The number of aliphatic imine (C=N–C) groups is 1. The zero-order valence-corrected chi connectivity index (χ0v) is 17.0.